The lowest BCUT2D eigenvalue weighted by molar-refractivity contribution is 0.475. The molecule has 0 bridgehead atoms. The summed E-state index contributed by atoms with van der Waals surface area (Å²) in [5.74, 6) is 0.687. The van der Waals surface area contributed by atoms with Crippen LogP contribution in [0.5, 0.6) is 5.75 Å². The highest BCUT2D eigenvalue weighted by molar-refractivity contribution is 7.17. The number of H-pyrrole nitrogens is 1. The Morgan fingerprint density at radius 2 is 1.88 bits per heavy atom. The third-order valence-corrected chi connectivity index (χ3v) is 4.72. The second-order valence-corrected chi connectivity index (χ2v) is 6.43. The SMILES string of the molecule is O=c1[nH]c(C=Cc2cccc(O)c2)nc2scc(-c3ccccc3)c12. The molecule has 5 heteroatoms. The lowest BCUT2D eigenvalue weighted by Crippen LogP contribution is -2.09. The van der Waals surface area contributed by atoms with Gasteiger partial charge in [-0.3, -0.25) is 4.79 Å². The van der Waals surface area contributed by atoms with Crippen LogP contribution in [0.2, 0.25) is 0 Å². The van der Waals surface area contributed by atoms with Gasteiger partial charge in [-0.2, -0.15) is 0 Å². The molecule has 0 atom stereocenters. The number of benzene rings is 2. The van der Waals surface area contributed by atoms with Crippen molar-refractivity contribution < 1.29 is 5.11 Å². The zero-order valence-corrected chi connectivity index (χ0v) is 14.0. The molecular formula is C20H14N2O2S. The second-order valence-electron chi connectivity index (χ2n) is 5.58. The third-order valence-electron chi connectivity index (χ3n) is 3.85. The van der Waals surface area contributed by atoms with E-state index in [1.54, 1.807) is 30.4 Å². The van der Waals surface area contributed by atoms with Crippen LogP contribution in [0.15, 0.2) is 64.8 Å². The highest BCUT2D eigenvalue weighted by atomic mass is 32.1. The molecule has 0 fully saturated rings. The molecule has 0 radical (unpaired) electrons. The average Bonchev–Trinajstić information content (AvgIpc) is 3.05. The Labute approximate surface area is 147 Å². The first-order valence-corrected chi connectivity index (χ1v) is 8.63. The highest BCUT2D eigenvalue weighted by Gasteiger charge is 2.11. The maximum Gasteiger partial charge on any atom is 0.260 e. The summed E-state index contributed by atoms with van der Waals surface area (Å²) in [6, 6.07) is 16.7. The van der Waals surface area contributed by atoms with Gasteiger partial charge in [0.15, 0.2) is 0 Å². The fraction of sp³-hybridized carbons (Fsp3) is 0. The summed E-state index contributed by atoms with van der Waals surface area (Å²) >= 11 is 1.46. The molecule has 2 aromatic heterocycles. The number of aromatic amines is 1. The van der Waals surface area contributed by atoms with Gasteiger partial charge in [-0.1, -0.05) is 48.5 Å². The van der Waals surface area contributed by atoms with Crippen LogP contribution in [0.1, 0.15) is 11.4 Å². The van der Waals surface area contributed by atoms with Crippen LogP contribution in [-0.2, 0) is 0 Å². The van der Waals surface area contributed by atoms with Crippen molar-refractivity contribution >= 4 is 33.7 Å². The Hall–Kier alpha value is -3.18. The lowest BCUT2D eigenvalue weighted by atomic mass is 10.1. The molecule has 0 aliphatic rings. The van der Waals surface area contributed by atoms with Crippen molar-refractivity contribution in [2.45, 2.75) is 0 Å². The summed E-state index contributed by atoms with van der Waals surface area (Å²) < 4.78 is 0. The van der Waals surface area contributed by atoms with Crippen LogP contribution in [-0.4, -0.2) is 15.1 Å². The fourth-order valence-corrected chi connectivity index (χ4v) is 3.63. The van der Waals surface area contributed by atoms with Gasteiger partial charge in [0, 0.05) is 10.9 Å². The number of aromatic nitrogens is 2. The molecule has 0 saturated carbocycles. The summed E-state index contributed by atoms with van der Waals surface area (Å²) in [5, 5.41) is 12.1. The third kappa shape index (κ3) is 3.09. The topological polar surface area (TPSA) is 66.0 Å². The number of aromatic hydroxyl groups is 1. The van der Waals surface area contributed by atoms with Crippen molar-refractivity contribution in [3.8, 4) is 16.9 Å². The quantitative estimate of drug-likeness (QED) is 0.573. The molecule has 0 aliphatic carbocycles. The van der Waals surface area contributed by atoms with Crippen molar-refractivity contribution in [3.05, 3.63) is 81.7 Å². The number of phenolic OH excluding ortho intramolecular Hbond substituents is 1. The van der Waals surface area contributed by atoms with Gasteiger partial charge in [0.2, 0.25) is 0 Å². The first kappa shape index (κ1) is 15.4. The molecule has 0 amide bonds. The molecule has 0 saturated heterocycles. The molecule has 0 spiro atoms. The maximum atomic E-state index is 12.6. The Morgan fingerprint density at radius 1 is 1.04 bits per heavy atom. The van der Waals surface area contributed by atoms with Crippen molar-refractivity contribution in [2.75, 3.05) is 0 Å². The van der Waals surface area contributed by atoms with Crippen LogP contribution in [0.3, 0.4) is 0 Å². The van der Waals surface area contributed by atoms with Gasteiger partial charge in [0.1, 0.15) is 16.4 Å². The van der Waals surface area contributed by atoms with E-state index in [2.05, 4.69) is 9.97 Å². The van der Waals surface area contributed by atoms with Gasteiger partial charge in [-0.25, -0.2) is 4.98 Å². The van der Waals surface area contributed by atoms with E-state index >= 15 is 0 Å². The zero-order chi connectivity index (χ0) is 17.2. The molecule has 2 heterocycles. The number of nitrogens with zero attached hydrogens (tertiary/aromatic N) is 1. The number of rotatable bonds is 3. The first-order valence-electron chi connectivity index (χ1n) is 7.75. The summed E-state index contributed by atoms with van der Waals surface area (Å²) in [6.45, 7) is 0. The maximum absolute atomic E-state index is 12.6. The minimum atomic E-state index is -0.152. The smallest absolute Gasteiger partial charge is 0.260 e. The van der Waals surface area contributed by atoms with Crippen LogP contribution < -0.4 is 5.56 Å². The Bertz CT molecular complexity index is 1130. The number of nitrogens with one attached hydrogen (secondary N) is 1. The minimum absolute atomic E-state index is 0.152. The van der Waals surface area contributed by atoms with Crippen LogP contribution >= 0.6 is 11.3 Å². The standard InChI is InChI=1S/C20H14N2O2S/c23-15-8-4-5-13(11-15)9-10-17-21-19(24)18-16(12-25-20(18)22-17)14-6-2-1-3-7-14/h1-12,23H,(H,21,22,24). The van der Waals surface area contributed by atoms with Gasteiger partial charge in [0.05, 0.1) is 5.39 Å². The number of phenols is 1. The van der Waals surface area contributed by atoms with Crippen molar-refractivity contribution in [2.24, 2.45) is 0 Å². The minimum Gasteiger partial charge on any atom is -0.508 e. The zero-order valence-electron chi connectivity index (χ0n) is 13.1. The Kier molecular flexibility index (Phi) is 3.91. The highest BCUT2D eigenvalue weighted by Crippen LogP contribution is 2.30. The van der Waals surface area contributed by atoms with E-state index in [1.165, 1.54) is 11.3 Å². The summed E-state index contributed by atoms with van der Waals surface area (Å²) in [4.78, 5) is 20.6. The van der Waals surface area contributed by atoms with E-state index in [1.807, 2.05) is 41.8 Å². The Morgan fingerprint density at radius 3 is 2.68 bits per heavy atom. The fourth-order valence-electron chi connectivity index (χ4n) is 2.68. The predicted octanol–water partition coefficient (Wildman–Crippen LogP) is 4.53. The monoisotopic (exact) mass is 346 g/mol. The van der Waals surface area contributed by atoms with E-state index in [0.29, 0.717) is 16.0 Å². The van der Waals surface area contributed by atoms with E-state index < -0.39 is 0 Å². The number of hydrogen-bond acceptors (Lipinski definition) is 4. The van der Waals surface area contributed by atoms with E-state index in [4.69, 9.17) is 0 Å². The molecule has 4 aromatic rings. The number of thiophene rings is 1. The summed E-state index contributed by atoms with van der Waals surface area (Å²) in [7, 11) is 0. The molecule has 0 unspecified atom stereocenters. The second kappa shape index (κ2) is 6.37. The largest absolute Gasteiger partial charge is 0.508 e. The van der Waals surface area contributed by atoms with Gasteiger partial charge >= 0.3 is 0 Å². The molecule has 122 valence electrons. The number of hydrogen-bond donors (Lipinski definition) is 2. The molecule has 0 aliphatic heterocycles. The molecular weight excluding hydrogens is 332 g/mol. The number of fused-ring (bicyclic) bond motifs is 1. The van der Waals surface area contributed by atoms with Crippen molar-refractivity contribution in [3.63, 3.8) is 0 Å². The van der Waals surface area contributed by atoms with Gasteiger partial charge in [-0.15, -0.1) is 11.3 Å². The first-order chi connectivity index (χ1) is 12.2. The lowest BCUT2D eigenvalue weighted by Gasteiger charge is -2.00. The molecule has 4 rings (SSSR count). The van der Waals surface area contributed by atoms with E-state index in [9.17, 15) is 9.90 Å². The molecule has 2 aromatic carbocycles. The van der Waals surface area contributed by atoms with Crippen LogP contribution in [0.25, 0.3) is 33.5 Å². The van der Waals surface area contributed by atoms with Crippen molar-refractivity contribution in [1.82, 2.24) is 9.97 Å². The van der Waals surface area contributed by atoms with E-state index in [0.717, 1.165) is 16.7 Å². The average molecular weight is 346 g/mol. The van der Waals surface area contributed by atoms with Gasteiger partial charge in [-0.05, 0) is 29.3 Å². The molecule has 4 nitrogen and oxygen atoms in total. The van der Waals surface area contributed by atoms with E-state index in [-0.39, 0.29) is 11.3 Å². The van der Waals surface area contributed by atoms with Crippen LogP contribution in [0, 0.1) is 0 Å². The van der Waals surface area contributed by atoms with Crippen LogP contribution in [0.4, 0.5) is 0 Å². The van der Waals surface area contributed by atoms with Gasteiger partial charge < -0.3 is 10.1 Å². The van der Waals surface area contributed by atoms with Crippen molar-refractivity contribution in [1.29, 1.82) is 0 Å². The van der Waals surface area contributed by atoms with Gasteiger partial charge in [0.25, 0.3) is 5.56 Å². The normalized spacial score (nSPS) is 11.4. The summed E-state index contributed by atoms with van der Waals surface area (Å²) in [5.41, 5.74) is 2.58. The molecule has 2 N–H and O–H groups in total. The predicted molar refractivity (Wildman–Crippen MR) is 103 cm³/mol. The summed E-state index contributed by atoms with van der Waals surface area (Å²) in [6.07, 6.45) is 3.53. The molecule has 25 heavy (non-hydrogen) atoms. The Balaban J connectivity index is 1.75.